The molecule has 0 N–H and O–H groups in total. The third-order valence-electron chi connectivity index (χ3n) is 8.66. The average Bonchev–Trinajstić information content (AvgIpc) is 3.31. The first kappa shape index (κ1) is 15.1. The standard InChI is InChI=1S/C18H28O5/c1-13(2)18(23-13)11-14(7-19-3)15(11,8-20-4)17(10-22-6)12(18)16(14,17)9-21-5/h11-12H,7-10H2,1-6H3. The fourth-order valence-electron chi connectivity index (χ4n) is 8.88. The van der Waals surface area contributed by atoms with E-state index in [1.165, 1.54) is 0 Å². The molecule has 5 aliphatic carbocycles. The highest BCUT2D eigenvalue weighted by atomic mass is 16.6. The highest BCUT2D eigenvalue weighted by molar-refractivity contribution is 5.69. The molecular formula is C18H28O5. The van der Waals surface area contributed by atoms with E-state index >= 15 is 0 Å². The number of methoxy groups -OCH3 is 4. The van der Waals surface area contributed by atoms with Crippen LogP contribution in [0.4, 0.5) is 0 Å². The maximum Gasteiger partial charge on any atom is 0.106 e. The smallest absolute Gasteiger partial charge is 0.106 e. The third kappa shape index (κ3) is 0.912. The number of hydrogen-bond acceptors (Lipinski definition) is 5. The Balaban J connectivity index is 1.68. The van der Waals surface area contributed by atoms with Gasteiger partial charge in [-0.15, -0.1) is 0 Å². The van der Waals surface area contributed by atoms with Crippen molar-refractivity contribution in [2.24, 2.45) is 33.5 Å². The molecule has 1 aliphatic heterocycles. The second-order valence-corrected chi connectivity index (χ2v) is 8.89. The molecule has 23 heavy (non-hydrogen) atoms. The maximum atomic E-state index is 6.44. The molecule has 0 aromatic rings. The van der Waals surface area contributed by atoms with Gasteiger partial charge in [-0.25, -0.2) is 0 Å². The van der Waals surface area contributed by atoms with Crippen LogP contribution in [0, 0.1) is 33.5 Å². The van der Waals surface area contributed by atoms with E-state index < -0.39 is 0 Å². The minimum Gasteiger partial charge on any atom is -0.384 e. The zero-order valence-corrected chi connectivity index (χ0v) is 15.0. The van der Waals surface area contributed by atoms with Gasteiger partial charge in [-0.2, -0.15) is 0 Å². The van der Waals surface area contributed by atoms with Crippen molar-refractivity contribution in [2.45, 2.75) is 25.0 Å². The van der Waals surface area contributed by atoms with E-state index in [9.17, 15) is 0 Å². The minimum absolute atomic E-state index is 0.0267. The number of rotatable bonds is 8. The lowest BCUT2D eigenvalue weighted by Gasteiger charge is -2.49. The third-order valence-corrected chi connectivity index (χ3v) is 8.66. The highest BCUT2D eigenvalue weighted by Gasteiger charge is 3.25. The number of ether oxygens (including phenoxy) is 5. The average molecular weight is 324 g/mol. The Labute approximate surface area is 137 Å². The van der Waals surface area contributed by atoms with E-state index in [0.717, 1.165) is 26.4 Å². The van der Waals surface area contributed by atoms with Crippen LogP contribution in [0.2, 0.25) is 0 Å². The Bertz CT molecular complexity index is 498. The predicted molar refractivity (Wildman–Crippen MR) is 82.1 cm³/mol. The van der Waals surface area contributed by atoms with Gasteiger partial charge >= 0.3 is 0 Å². The van der Waals surface area contributed by atoms with Crippen LogP contribution in [0.25, 0.3) is 0 Å². The van der Waals surface area contributed by atoms with Crippen molar-refractivity contribution in [1.29, 1.82) is 0 Å². The van der Waals surface area contributed by atoms with Crippen molar-refractivity contribution < 1.29 is 23.7 Å². The summed E-state index contributed by atoms with van der Waals surface area (Å²) in [4.78, 5) is 0. The first-order chi connectivity index (χ1) is 10.9. The second-order valence-electron chi connectivity index (χ2n) is 8.89. The normalized spacial score (nSPS) is 61.3. The van der Waals surface area contributed by atoms with E-state index in [2.05, 4.69) is 13.8 Å². The van der Waals surface area contributed by atoms with Gasteiger partial charge in [-0.05, 0) is 13.8 Å². The van der Waals surface area contributed by atoms with Crippen LogP contribution in [0.5, 0.6) is 0 Å². The molecule has 2 bridgehead atoms. The number of hydrogen-bond donors (Lipinski definition) is 0. The van der Waals surface area contributed by atoms with Gasteiger partial charge in [0.25, 0.3) is 0 Å². The molecule has 5 saturated carbocycles. The first-order valence-corrected chi connectivity index (χ1v) is 8.59. The van der Waals surface area contributed by atoms with E-state index in [1.807, 2.05) is 28.4 Å². The Morgan fingerprint density at radius 3 is 1.09 bits per heavy atom. The fraction of sp³-hybridized carbons (Fsp3) is 1.00. The Morgan fingerprint density at radius 2 is 0.913 bits per heavy atom. The molecule has 5 nitrogen and oxygen atoms in total. The molecule has 130 valence electrons. The number of epoxide rings is 1. The van der Waals surface area contributed by atoms with Crippen LogP contribution in [0.1, 0.15) is 13.8 Å². The first-order valence-electron chi connectivity index (χ1n) is 8.59. The van der Waals surface area contributed by atoms with Crippen molar-refractivity contribution in [3.8, 4) is 0 Å². The molecule has 6 aliphatic rings. The summed E-state index contributed by atoms with van der Waals surface area (Å²) in [7, 11) is 7.25. The molecule has 6 rings (SSSR count). The maximum absolute atomic E-state index is 6.44. The Hall–Kier alpha value is -0.200. The topological polar surface area (TPSA) is 49.5 Å². The lowest BCUT2D eigenvalue weighted by Crippen LogP contribution is -2.54. The van der Waals surface area contributed by atoms with Gasteiger partial charge in [0, 0.05) is 61.9 Å². The monoisotopic (exact) mass is 324 g/mol. The lowest BCUT2D eigenvalue weighted by atomic mass is 9.57. The lowest BCUT2D eigenvalue weighted by molar-refractivity contribution is -0.137. The van der Waals surface area contributed by atoms with Crippen LogP contribution in [-0.4, -0.2) is 66.1 Å². The summed E-state index contributed by atoms with van der Waals surface area (Å²) in [5.41, 5.74) is 0.463. The molecule has 6 fully saturated rings. The van der Waals surface area contributed by atoms with Crippen LogP contribution in [0.3, 0.4) is 0 Å². The van der Waals surface area contributed by atoms with Gasteiger partial charge < -0.3 is 23.7 Å². The SMILES string of the molecule is COCC12C3C4(OC4(C)C)C4C1(COC)C4(COC)C32COC. The molecule has 0 aromatic carbocycles. The van der Waals surface area contributed by atoms with Crippen LogP contribution in [0.15, 0.2) is 0 Å². The zero-order chi connectivity index (χ0) is 16.5. The molecule has 0 unspecified atom stereocenters. The summed E-state index contributed by atoms with van der Waals surface area (Å²) in [5.74, 6) is 1.01. The van der Waals surface area contributed by atoms with Crippen LogP contribution >= 0.6 is 0 Å². The van der Waals surface area contributed by atoms with Gasteiger partial charge in [-0.3, -0.25) is 0 Å². The van der Waals surface area contributed by atoms with E-state index in [1.54, 1.807) is 0 Å². The second kappa shape index (κ2) is 3.65. The van der Waals surface area contributed by atoms with Crippen molar-refractivity contribution in [3.05, 3.63) is 0 Å². The summed E-state index contributed by atoms with van der Waals surface area (Å²) in [6.07, 6.45) is 0. The minimum atomic E-state index is -0.0572. The van der Waals surface area contributed by atoms with Crippen molar-refractivity contribution in [1.82, 2.24) is 0 Å². The van der Waals surface area contributed by atoms with Crippen molar-refractivity contribution in [3.63, 3.8) is 0 Å². The fourth-order valence-corrected chi connectivity index (χ4v) is 8.88. The van der Waals surface area contributed by atoms with Crippen LogP contribution in [-0.2, 0) is 23.7 Å². The molecule has 1 spiro atoms. The van der Waals surface area contributed by atoms with Gasteiger partial charge in [-0.1, -0.05) is 0 Å². The molecule has 0 amide bonds. The van der Waals surface area contributed by atoms with Gasteiger partial charge in [0.2, 0.25) is 0 Å². The highest BCUT2D eigenvalue weighted by Crippen LogP contribution is 3.19. The Morgan fingerprint density at radius 1 is 0.652 bits per heavy atom. The van der Waals surface area contributed by atoms with E-state index in [-0.39, 0.29) is 32.9 Å². The van der Waals surface area contributed by atoms with Crippen LogP contribution < -0.4 is 0 Å². The molecule has 0 radical (unpaired) electrons. The quantitative estimate of drug-likeness (QED) is 0.631. The molecule has 1 saturated heterocycles. The van der Waals surface area contributed by atoms with Gasteiger partial charge in [0.05, 0.1) is 32.0 Å². The molecule has 5 heteroatoms. The summed E-state index contributed by atoms with van der Waals surface area (Å²) >= 11 is 0. The molecule has 0 atom stereocenters. The zero-order valence-electron chi connectivity index (χ0n) is 15.0. The Kier molecular flexibility index (Phi) is 2.40. The van der Waals surface area contributed by atoms with Gasteiger partial charge in [0.15, 0.2) is 0 Å². The summed E-state index contributed by atoms with van der Waals surface area (Å²) in [6.45, 7) is 7.57. The molecule has 0 aromatic heterocycles. The van der Waals surface area contributed by atoms with E-state index in [0.29, 0.717) is 11.8 Å². The predicted octanol–water partition coefficient (Wildman–Crippen LogP) is 1.35. The summed E-state index contributed by atoms with van der Waals surface area (Å²) in [5, 5.41) is 0. The summed E-state index contributed by atoms with van der Waals surface area (Å²) in [6, 6.07) is 0. The largest absolute Gasteiger partial charge is 0.384 e. The molecular weight excluding hydrogens is 296 g/mol. The van der Waals surface area contributed by atoms with Gasteiger partial charge in [0.1, 0.15) is 5.60 Å². The van der Waals surface area contributed by atoms with Crippen molar-refractivity contribution in [2.75, 3.05) is 54.9 Å². The van der Waals surface area contributed by atoms with Crippen molar-refractivity contribution >= 4 is 0 Å². The van der Waals surface area contributed by atoms with E-state index in [4.69, 9.17) is 23.7 Å². The molecule has 1 heterocycles. The summed E-state index contributed by atoms with van der Waals surface area (Å²) < 4.78 is 29.4.